The lowest BCUT2D eigenvalue weighted by molar-refractivity contribution is -0.219. The number of ether oxygens (including phenoxy) is 2. The quantitative estimate of drug-likeness (QED) is 0.201. The van der Waals surface area contributed by atoms with Gasteiger partial charge in [-0.3, -0.25) is 14.4 Å². The molecule has 6 rings (SSSR count). The van der Waals surface area contributed by atoms with E-state index in [1.807, 2.05) is 0 Å². The fourth-order valence-corrected chi connectivity index (χ4v) is 9.52. The van der Waals surface area contributed by atoms with Gasteiger partial charge in [-0.2, -0.15) is 0 Å². The number of hydrogen-bond donors (Lipinski definition) is 3. The number of esters is 1. The Balaban J connectivity index is 0.000000206. The van der Waals surface area contributed by atoms with Gasteiger partial charge in [0.2, 0.25) is 0 Å². The molecular weight excluding hydrogens is 703 g/mol. The Morgan fingerprint density at radius 3 is 2.17 bits per heavy atom. The fraction of sp³-hybridized carbons (Fsp3) is 0.524. The molecule has 0 saturated heterocycles. The number of Topliss-reactive ketones (excluding diaryl/α,β-unsaturated/α-hetero) is 1. The van der Waals surface area contributed by atoms with E-state index in [0.29, 0.717) is 46.7 Å². The monoisotopic (exact) mass is 752 g/mol. The summed E-state index contributed by atoms with van der Waals surface area (Å²) in [4.78, 5) is 48.9. The second kappa shape index (κ2) is 14.5. The number of fused-ring (bicyclic) bond motifs is 5. The number of benzene rings is 2. The number of allylic oxidation sites excluding steroid dienone is 4. The first-order valence-electron chi connectivity index (χ1n) is 18.1. The van der Waals surface area contributed by atoms with E-state index in [1.54, 1.807) is 103 Å². The van der Waals surface area contributed by atoms with E-state index < -0.39 is 64.0 Å². The number of aliphatic hydroxyl groups excluding tert-OH is 2. The molecule has 2 aromatic carbocycles. The van der Waals surface area contributed by atoms with Gasteiger partial charge in [-0.25, -0.2) is 9.18 Å². The molecule has 3 fully saturated rings. The van der Waals surface area contributed by atoms with Gasteiger partial charge in [0, 0.05) is 32.9 Å². The molecule has 0 radical (unpaired) electrons. The van der Waals surface area contributed by atoms with Crippen LogP contribution in [0.2, 0.25) is 5.02 Å². The summed E-state index contributed by atoms with van der Waals surface area (Å²) in [5.74, 6) is -2.18. The Hall–Kier alpha value is -3.70. The predicted octanol–water partition coefficient (Wildman–Crippen LogP) is 6.58. The molecule has 0 bridgehead atoms. The first-order valence-corrected chi connectivity index (χ1v) is 18.5. The molecule has 8 atom stereocenters. The molecule has 2 aromatic rings. The van der Waals surface area contributed by atoms with Gasteiger partial charge in [-0.05, 0) is 133 Å². The van der Waals surface area contributed by atoms with Crippen LogP contribution < -0.4 is 4.74 Å². The summed E-state index contributed by atoms with van der Waals surface area (Å²) >= 11 is 5.84. The third-order valence-electron chi connectivity index (χ3n) is 12.2. The molecule has 11 heteroatoms. The lowest BCUT2D eigenvalue weighted by Gasteiger charge is -2.62. The van der Waals surface area contributed by atoms with Crippen molar-refractivity contribution in [1.29, 1.82) is 0 Å². The molecule has 0 spiro atoms. The van der Waals surface area contributed by atoms with Gasteiger partial charge < -0.3 is 24.8 Å². The second-order valence-electron chi connectivity index (χ2n) is 16.2. The highest BCUT2D eigenvalue weighted by Gasteiger charge is 2.75. The van der Waals surface area contributed by atoms with Crippen LogP contribution in [0.4, 0.5) is 4.39 Å². The van der Waals surface area contributed by atoms with Gasteiger partial charge in [0.25, 0.3) is 0 Å². The highest BCUT2D eigenvalue weighted by Crippen LogP contribution is 2.70. The van der Waals surface area contributed by atoms with E-state index in [1.165, 1.54) is 12.2 Å². The molecule has 0 aromatic heterocycles. The Morgan fingerprint density at radius 2 is 1.60 bits per heavy atom. The Kier molecular flexibility index (Phi) is 11.1. The first-order chi connectivity index (χ1) is 24.6. The van der Waals surface area contributed by atoms with Crippen molar-refractivity contribution < 1.29 is 48.4 Å². The number of rotatable bonds is 8. The summed E-state index contributed by atoms with van der Waals surface area (Å²) < 4.78 is 27.8. The van der Waals surface area contributed by atoms with Crippen molar-refractivity contribution >= 4 is 34.9 Å². The average molecular weight is 753 g/mol. The van der Waals surface area contributed by atoms with Crippen molar-refractivity contribution in [2.24, 2.45) is 28.6 Å². The van der Waals surface area contributed by atoms with Crippen molar-refractivity contribution in [1.82, 2.24) is 0 Å². The third kappa shape index (κ3) is 6.81. The van der Waals surface area contributed by atoms with Gasteiger partial charge in [0.1, 0.15) is 18.0 Å². The number of halogens is 2. The lowest BCUT2D eigenvalue weighted by Crippen LogP contribution is -2.69. The Bertz CT molecular complexity index is 1820. The zero-order valence-electron chi connectivity index (χ0n) is 31.3. The smallest absolute Gasteiger partial charge is 0.350 e. The number of ketones is 3. The van der Waals surface area contributed by atoms with Crippen molar-refractivity contribution in [3.8, 4) is 5.75 Å². The van der Waals surface area contributed by atoms with Crippen LogP contribution in [0.15, 0.2) is 72.3 Å². The molecule has 53 heavy (non-hydrogen) atoms. The maximum absolute atomic E-state index is 16.9. The standard InChI is InChI=1S/C22H29FO5.C20H21ClO4/c1-12-8-16-15-5-4-13-9-14(25)6-7-19(13,2)21(15,23)17(26)10-20(16,3)22(12,28)18(27)11-24;1-13(2)24-19(23)20(3,4)25-17-11-7-15(8-12-17)18(22)14-5-9-16(21)10-6-14/h6-7,9,12,15-17,24,26,28H,4-5,8,10-11H2,1-3H3;5-13H,1-4H3/t12-,15+,16+,17+,19+,20+,21+,22+;/m1./s1. The van der Waals surface area contributed by atoms with Crippen LogP contribution in [0.5, 0.6) is 5.75 Å². The molecule has 0 unspecified atom stereocenters. The van der Waals surface area contributed by atoms with Crippen molar-refractivity contribution in [2.75, 3.05) is 6.61 Å². The van der Waals surface area contributed by atoms with Crippen LogP contribution in [0.3, 0.4) is 0 Å². The van der Waals surface area contributed by atoms with Gasteiger partial charge in [-0.1, -0.05) is 37.1 Å². The van der Waals surface area contributed by atoms with Crippen LogP contribution in [0.1, 0.15) is 90.1 Å². The highest BCUT2D eigenvalue weighted by molar-refractivity contribution is 6.30. The van der Waals surface area contributed by atoms with Crippen LogP contribution in [0.25, 0.3) is 0 Å². The Labute approximate surface area is 315 Å². The number of aliphatic hydroxyl groups is 3. The van der Waals surface area contributed by atoms with Gasteiger partial charge in [0.05, 0.1) is 12.2 Å². The molecule has 4 aliphatic rings. The van der Waals surface area contributed by atoms with E-state index in [-0.39, 0.29) is 30.0 Å². The van der Waals surface area contributed by atoms with Crippen LogP contribution in [-0.4, -0.2) is 74.3 Å². The maximum Gasteiger partial charge on any atom is 0.350 e. The first kappa shape index (κ1) is 40.5. The summed E-state index contributed by atoms with van der Waals surface area (Å²) in [7, 11) is 0. The zero-order chi connectivity index (χ0) is 39.3. The number of hydrogen-bond acceptors (Lipinski definition) is 9. The van der Waals surface area contributed by atoms with Crippen LogP contribution >= 0.6 is 11.6 Å². The summed E-state index contributed by atoms with van der Waals surface area (Å²) in [6, 6.07) is 13.4. The molecule has 0 amide bonds. The van der Waals surface area contributed by atoms with Crippen LogP contribution in [-0.2, 0) is 19.1 Å². The Morgan fingerprint density at radius 1 is 1.02 bits per heavy atom. The molecule has 4 aliphatic carbocycles. The average Bonchev–Trinajstić information content (AvgIpc) is 3.30. The predicted molar refractivity (Wildman–Crippen MR) is 197 cm³/mol. The SMILES string of the molecule is CC(C)OC(=O)C(C)(C)Oc1ccc(C(=O)c2ccc(Cl)cc2)cc1.C[C@@H]1C[C@H]2[C@@H]3CCC4=CC(=O)C=C[C@]4(C)[C@@]3(F)[C@@H](O)C[C@]2(C)[C@@]1(O)C(=O)CO. The zero-order valence-corrected chi connectivity index (χ0v) is 32.1. The number of carbonyl (C=O) groups excluding carboxylic acids is 4. The van der Waals surface area contributed by atoms with Crippen molar-refractivity contribution in [3.63, 3.8) is 0 Å². The largest absolute Gasteiger partial charge is 0.476 e. The summed E-state index contributed by atoms with van der Waals surface area (Å²) in [5.41, 5.74) is -5.21. The molecule has 0 heterocycles. The van der Waals surface area contributed by atoms with E-state index in [0.717, 1.165) is 0 Å². The normalized spacial score (nSPS) is 33.1. The van der Waals surface area contributed by atoms with Crippen molar-refractivity contribution in [3.05, 3.63) is 88.5 Å². The van der Waals surface area contributed by atoms with E-state index in [9.17, 15) is 34.5 Å². The fourth-order valence-electron chi connectivity index (χ4n) is 9.40. The van der Waals surface area contributed by atoms with E-state index in [4.69, 9.17) is 21.1 Å². The number of carbonyl (C=O) groups is 4. The highest BCUT2D eigenvalue weighted by atomic mass is 35.5. The molecule has 3 N–H and O–H groups in total. The minimum atomic E-state index is -1.98. The molecule has 9 nitrogen and oxygen atoms in total. The van der Waals surface area contributed by atoms with Gasteiger partial charge in [-0.15, -0.1) is 0 Å². The van der Waals surface area contributed by atoms with Crippen LogP contribution in [0, 0.1) is 28.6 Å². The maximum atomic E-state index is 16.9. The number of alkyl halides is 1. The molecular formula is C42H50ClFO9. The van der Waals surface area contributed by atoms with E-state index in [2.05, 4.69) is 0 Å². The summed E-state index contributed by atoms with van der Waals surface area (Å²) in [6.45, 7) is 11.3. The molecule has 3 saturated carbocycles. The minimum absolute atomic E-state index is 0.0676. The molecule has 0 aliphatic heterocycles. The third-order valence-corrected chi connectivity index (χ3v) is 12.5. The minimum Gasteiger partial charge on any atom is -0.476 e. The van der Waals surface area contributed by atoms with E-state index >= 15 is 4.39 Å². The molecule has 286 valence electrons. The lowest BCUT2D eigenvalue weighted by atomic mass is 9.44. The van der Waals surface area contributed by atoms with Gasteiger partial charge >= 0.3 is 5.97 Å². The van der Waals surface area contributed by atoms with Crippen molar-refractivity contribution in [2.45, 2.75) is 103 Å². The van der Waals surface area contributed by atoms with Gasteiger partial charge in [0.15, 0.2) is 28.6 Å². The second-order valence-corrected chi connectivity index (χ2v) is 16.6. The topological polar surface area (TPSA) is 147 Å². The summed E-state index contributed by atoms with van der Waals surface area (Å²) in [6.07, 6.45) is 4.23. The summed E-state index contributed by atoms with van der Waals surface area (Å²) in [5, 5.41) is 32.5.